The SMILES string of the molecule is Cn1cnnc1C1CCN(CC2(O)CCCN(CC3CCCCC3)C2=O)CC1. The van der Waals surface area contributed by atoms with Crippen LogP contribution in [0.5, 0.6) is 0 Å². The lowest BCUT2D eigenvalue weighted by Gasteiger charge is -2.43. The molecule has 1 aromatic heterocycles. The first-order valence-electron chi connectivity index (χ1n) is 11.1. The molecule has 3 fully saturated rings. The second-order valence-corrected chi connectivity index (χ2v) is 9.24. The van der Waals surface area contributed by atoms with Crippen LogP contribution in [-0.4, -0.2) is 73.9 Å². The third kappa shape index (κ3) is 4.25. The Labute approximate surface area is 168 Å². The molecule has 0 bridgehead atoms. The van der Waals surface area contributed by atoms with Crippen molar-refractivity contribution in [2.45, 2.75) is 69.3 Å². The summed E-state index contributed by atoms with van der Waals surface area (Å²) in [6, 6.07) is 0. The molecule has 2 saturated heterocycles. The van der Waals surface area contributed by atoms with Crippen LogP contribution < -0.4 is 0 Å². The molecule has 1 aliphatic carbocycles. The van der Waals surface area contributed by atoms with E-state index in [1.54, 1.807) is 6.33 Å². The van der Waals surface area contributed by atoms with Crippen LogP contribution in [-0.2, 0) is 11.8 Å². The van der Waals surface area contributed by atoms with E-state index < -0.39 is 5.60 Å². The molecule has 2 aliphatic heterocycles. The van der Waals surface area contributed by atoms with Gasteiger partial charge in [-0.15, -0.1) is 10.2 Å². The maximum absolute atomic E-state index is 13.1. The number of hydrogen-bond donors (Lipinski definition) is 1. The minimum Gasteiger partial charge on any atom is -0.379 e. The Balaban J connectivity index is 1.32. The number of likely N-dealkylation sites (tertiary alicyclic amines) is 2. The number of aryl methyl sites for hydroxylation is 1. The molecule has 3 aliphatic rings. The lowest BCUT2D eigenvalue weighted by atomic mass is 9.86. The average Bonchev–Trinajstić information content (AvgIpc) is 3.13. The van der Waals surface area contributed by atoms with Gasteiger partial charge in [0.2, 0.25) is 0 Å². The van der Waals surface area contributed by atoms with Crippen LogP contribution in [0, 0.1) is 5.92 Å². The number of carbonyl (C=O) groups excluding carboxylic acids is 1. The third-order valence-corrected chi connectivity index (χ3v) is 7.09. The van der Waals surface area contributed by atoms with Gasteiger partial charge in [0.1, 0.15) is 12.2 Å². The van der Waals surface area contributed by atoms with Crippen molar-refractivity contribution in [2.75, 3.05) is 32.7 Å². The van der Waals surface area contributed by atoms with E-state index in [0.29, 0.717) is 24.8 Å². The molecule has 0 aromatic carbocycles. The molecule has 0 spiro atoms. The van der Waals surface area contributed by atoms with Gasteiger partial charge >= 0.3 is 0 Å². The molecule has 156 valence electrons. The molecule has 7 nitrogen and oxygen atoms in total. The van der Waals surface area contributed by atoms with Crippen LogP contribution in [0.1, 0.15) is 69.5 Å². The van der Waals surface area contributed by atoms with Gasteiger partial charge in [0.15, 0.2) is 5.60 Å². The molecule has 28 heavy (non-hydrogen) atoms. The lowest BCUT2D eigenvalue weighted by Crippen LogP contribution is -2.59. The average molecular weight is 390 g/mol. The Morgan fingerprint density at radius 1 is 1.11 bits per heavy atom. The van der Waals surface area contributed by atoms with Gasteiger partial charge in [-0.3, -0.25) is 9.69 Å². The Morgan fingerprint density at radius 3 is 2.54 bits per heavy atom. The van der Waals surface area contributed by atoms with Crippen molar-refractivity contribution in [3.63, 3.8) is 0 Å². The van der Waals surface area contributed by atoms with Gasteiger partial charge in [-0.1, -0.05) is 19.3 Å². The van der Waals surface area contributed by atoms with Crippen molar-refractivity contribution in [1.29, 1.82) is 0 Å². The molecule has 3 heterocycles. The smallest absolute Gasteiger partial charge is 0.255 e. The standard InChI is InChI=1S/C21H35N5O2/c1-24-16-22-23-19(24)18-8-12-25(13-9-18)15-21(28)10-5-11-26(20(21)27)14-17-6-3-2-4-7-17/h16-18,28H,2-15H2,1H3. The number of aliphatic hydroxyl groups is 1. The quantitative estimate of drug-likeness (QED) is 0.833. The van der Waals surface area contributed by atoms with Crippen LogP contribution in [0.25, 0.3) is 0 Å². The van der Waals surface area contributed by atoms with Crippen LogP contribution >= 0.6 is 0 Å². The van der Waals surface area contributed by atoms with Crippen LogP contribution in [0.4, 0.5) is 0 Å². The number of piperidine rings is 2. The molecule has 1 amide bonds. The van der Waals surface area contributed by atoms with Gasteiger partial charge in [0.05, 0.1) is 0 Å². The predicted molar refractivity (Wildman–Crippen MR) is 107 cm³/mol. The maximum atomic E-state index is 13.1. The third-order valence-electron chi connectivity index (χ3n) is 7.09. The fourth-order valence-corrected chi connectivity index (χ4v) is 5.45. The van der Waals surface area contributed by atoms with Crippen molar-refractivity contribution < 1.29 is 9.90 Å². The summed E-state index contributed by atoms with van der Waals surface area (Å²) in [5.74, 6) is 2.07. The highest BCUT2D eigenvalue weighted by Crippen LogP contribution is 2.31. The molecule has 1 atom stereocenters. The van der Waals surface area contributed by atoms with Gasteiger partial charge in [0.25, 0.3) is 5.91 Å². The zero-order valence-corrected chi connectivity index (χ0v) is 17.2. The van der Waals surface area contributed by atoms with Crippen LogP contribution in [0.3, 0.4) is 0 Å². The molecule has 1 unspecified atom stereocenters. The predicted octanol–water partition coefficient (Wildman–Crippen LogP) is 1.93. The molecule has 0 radical (unpaired) electrons. The highest BCUT2D eigenvalue weighted by Gasteiger charge is 2.44. The number of amides is 1. The molecular formula is C21H35N5O2. The largest absolute Gasteiger partial charge is 0.379 e. The van der Waals surface area contributed by atoms with Crippen molar-refractivity contribution >= 4 is 5.91 Å². The topological polar surface area (TPSA) is 74.5 Å². The van der Waals surface area contributed by atoms with E-state index in [4.69, 9.17) is 0 Å². The molecular weight excluding hydrogens is 354 g/mol. The Kier molecular flexibility index (Phi) is 6.01. The molecule has 1 saturated carbocycles. The number of β-amino-alcohol motifs (C(OH)–C–C–N with tert-alkyl or cyclic N) is 1. The normalized spacial score (nSPS) is 28.8. The number of nitrogens with zero attached hydrogens (tertiary/aromatic N) is 5. The summed E-state index contributed by atoms with van der Waals surface area (Å²) in [5, 5.41) is 19.5. The van der Waals surface area contributed by atoms with Crippen LogP contribution in [0.15, 0.2) is 6.33 Å². The number of hydrogen-bond acceptors (Lipinski definition) is 5. The summed E-state index contributed by atoms with van der Waals surface area (Å²) in [5.41, 5.74) is -1.20. The van der Waals surface area contributed by atoms with E-state index in [1.165, 1.54) is 32.1 Å². The first kappa shape index (κ1) is 19.8. The van der Waals surface area contributed by atoms with Crippen molar-refractivity contribution in [3.8, 4) is 0 Å². The number of rotatable bonds is 5. The summed E-state index contributed by atoms with van der Waals surface area (Å²) < 4.78 is 2.00. The first-order valence-corrected chi connectivity index (χ1v) is 11.1. The highest BCUT2D eigenvalue weighted by atomic mass is 16.3. The molecule has 1 aromatic rings. The minimum atomic E-state index is -1.20. The van der Waals surface area contributed by atoms with Crippen LogP contribution in [0.2, 0.25) is 0 Å². The molecule has 4 rings (SSSR count). The maximum Gasteiger partial charge on any atom is 0.255 e. The fraction of sp³-hybridized carbons (Fsp3) is 0.857. The van der Waals surface area contributed by atoms with E-state index in [1.807, 2.05) is 16.5 Å². The van der Waals surface area contributed by atoms with Gasteiger partial charge < -0.3 is 14.6 Å². The number of carbonyl (C=O) groups is 1. The summed E-state index contributed by atoms with van der Waals surface area (Å²) >= 11 is 0. The second kappa shape index (κ2) is 8.49. The summed E-state index contributed by atoms with van der Waals surface area (Å²) in [6.45, 7) is 3.92. The summed E-state index contributed by atoms with van der Waals surface area (Å²) in [7, 11) is 1.99. The molecule has 7 heteroatoms. The van der Waals surface area contributed by atoms with E-state index in [0.717, 1.165) is 51.3 Å². The van der Waals surface area contributed by atoms with Crippen molar-refractivity contribution in [3.05, 3.63) is 12.2 Å². The second-order valence-electron chi connectivity index (χ2n) is 9.24. The summed E-state index contributed by atoms with van der Waals surface area (Å²) in [6.07, 6.45) is 11.6. The zero-order valence-electron chi connectivity index (χ0n) is 17.2. The Morgan fingerprint density at radius 2 is 1.86 bits per heavy atom. The Hall–Kier alpha value is -1.47. The fourth-order valence-electron chi connectivity index (χ4n) is 5.45. The molecule has 1 N–H and O–H groups in total. The van der Waals surface area contributed by atoms with E-state index in [-0.39, 0.29) is 5.91 Å². The van der Waals surface area contributed by atoms with Gasteiger partial charge in [-0.25, -0.2) is 0 Å². The summed E-state index contributed by atoms with van der Waals surface area (Å²) in [4.78, 5) is 17.4. The van der Waals surface area contributed by atoms with E-state index in [9.17, 15) is 9.90 Å². The van der Waals surface area contributed by atoms with E-state index >= 15 is 0 Å². The minimum absolute atomic E-state index is 0.0280. The van der Waals surface area contributed by atoms with E-state index in [2.05, 4.69) is 15.1 Å². The lowest BCUT2D eigenvalue weighted by molar-refractivity contribution is -0.160. The van der Waals surface area contributed by atoms with Crippen molar-refractivity contribution in [2.24, 2.45) is 13.0 Å². The number of aromatic nitrogens is 3. The zero-order chi connectivity index (χ0) is 19.6. The van der Waals surface area contributed by atoms with Gasteiger partial charge in [-0.2, -0.15) is 0 Å². The monoisotopic (exact) mass is 389 g/mol. The van der Waals surface area contributed by atoms with Gasteiger partial charge in [-0.05, 0) is 57.5 Å². The Bertz CT molecular complexity index is 664. The van der Waals surface area contributed by atoms with Crippen molar-refractivity contribution in [1.82, 2.24) is 24.6 Å². The van der Waals surface area contributed by atoms with Gasteiger partial charge in [0, 0.05) is 32.6 Å². The first-order chi connectivity index (χ1) is 13.5. The highest BCUT2D eigenvalue weighted by molar-refractivity contribution is 5.86.